The van der Waals surface area contributed by atoms with Gasteiger partial charge >= 0.3 is 11.9 Å². The van der Waals surface area contributed by atoms with Crippen LogP contribution >= 0.6 is 0 Å². The van der Waals surface area contributed by atoms with Gasteiger partial charge < -0.3 is 9.47 Å². The monoisotopic (exact) mass is 348 g/mol. The van der Waals surface area contributed by atoms with Gasteiger partial charge in [0, 0.05) is 12.8 Å². The number of carbonyl (C=O) groups excluding carboxylic acids is 2. The Bertz CT molecular complexity index is 543. The smallest absolute Gasteiger partial charge is 0.311 e. The van der Waals surface area contributed by atoms with E-state index in [0.29, 0.717) is 23.3 Å². The van der Waals surface area contributed by atoms with Crippen molar-refractivity contribution < 1.29 is 19.1 Å². The Labute approximate surface area is 151 Å². The van der Waals surface area contributed by atoms with Crippen LogP contribution in [0.4, 0.5) is 0 Å². The van der Waals surface area contributed by atoms with E-state index in [4.69, 9.17) is 9.47 Å². The quantitative estimate of drug-likeness (QED) is 0.310. The summed E-state index contributed by atoms with van der Waals surface area (Å²) in [5, 5.41) is 0. The number of esters is 2. The number of rotatable bonds is 10. The molecular formula is C21H32O4. The largest absolute Gasteiger partial charge is 0.423 e. The molecular weight excluding hydrogens is 316 g/mol. The van der Waals surface area contributed by atoms with Gasteiger partial charge in [-0.2, -0.15) is 0 Å². The van der Waals surface area contributed by atoms with Crippen molar-refractivity contribution in [2.75, 3.05) is 0 Å². The van der Waals surface area contributed by atoms with Crippen LogP contribution in [0.3, 0.4) is 0 Å². The number of para-hydroxylation sites is 2. The Hall–Kier alpha value is -1.84. The van der Waals surface area contributed by atoms with E-state index < -0.39 is 0 Å². The topological polar surface area (TPSA) is 52.6 Å². The van der Waals surface area contributed by atoms with Crippen molar-refractivity contribution in [3.05, 3.63) is 24.3 Å². The van der Waals surface area contributed by atoms with Crippen molar-refractivity contribution in [1.82, 2.24) is 0 Å². The average molecular weight is 348 g/mol. The molecule has 4 heteroatoms. The van der Waals surface area contributed by atoms with Crippen molar-refractivity contribution in [2.45, 2.75) is 79.1 Å². The molecule has 0 aromatic heterocycles. The third kappa shape index (κ3) is 9.90. The van der Waals surface area contributed by atoms with E-state index in [1.165, 1.54) is 19.3 Å². The molecule has 0 aliphatic heterocycles. The van der Waals surface area contributed by atoms with E-state index in [1.807, 2.05) is 0 Å². The highest BCUT2D eigenvalue weighted by Gasteiger charge is 2.12. The summed E-state index contributed by atoms with van der Waals surface area (Å²) in [4.78, 5) is 23.4. The third-order valence-corrected chi connectivity index (χ3v) is 3.89. The first kappa shape index (κ1) is 21.2. The Kier molecular flexibility index (Phi) is 9.25. The molecule has 0 aliphatic carbocycles. The number of ether oxygens (including phenoxy) is 2. The Balaban J connectivity index is 2.28. The lowest BCUT2D eigenvalue weighted by Gasteiger charge is -2.17. The Morgan fingerprint density at radius 2 is 1.36 bits per heavy atom. The highest BCUT2D eigenvalue weighted by molar-refractivity contribution is 5.75. The van der Waals surface area contributed by atoms with Crippen molar-refractivity contribution in [3.63, 3.8) is 0 Å². The summed E-state index contributed by atoms with van der Waals surface area (Å²) in [5.74, 6) is -0.0298. The average Bonchev–Trinajstić information content (AvgIpc) is 2.54. The van der Waals surface area contributed by atoms with Crippen LogP contribution in [0.15, 0.2) is 24.3 Å². The molecule has 0 bridgehead atoms. The van der Waals surface area contributed by atoms with Gasteiger partial charge in [-0.25, -0.2) is 0 Å². The molecule has 0 saturated carbocycles. The molecule has 0 radical (unpaired) electrons. The van der Waals surface area contributed by atoms with Crippen LogP contribution in [0.2, 0.25) is 0 Å². The van der Waals surface area contributed by atoms with Crippen LogP contribution in [-0.2, 0) is 9.59 Å². The minimum absolute atomic E-state index is 0.275. The second kappa shape index (κ2) is 10.9. The van der Waals surface area contributed by atoms with Crippen LogP contribution in [0.25, 0.3) is 0 Å². The second-order valence-corrected chi connectivity index (χ2v) is 7.58. The minimum Gasteiger partial charge on any atom is -0.423 e. The van der Waals surface area contributed by atoms with Crippen LogP contribution in [0, 0.1) is 5.41 Å². The second-order valence-electron chi connectivity index (χ2n) is 7.58. The molecule has 4 nitrogen and oxygen atoms in total. The zero-order chi connectivity index (χ0) is 18.7. The van der Waals surface area contributed by atoms with Crippen LogP contribution in [-0.4, -0.2) is 11.9 Å². The lowest BCUT2D eigenvalue weighted by Crippen LogP contribution is -2.11. The Morgan fingerprint density at radius 1 is 0.840 bits per heavy atom. The fraction of sp³-hybridized carbons (Fsp3) is 0.619. The first-order valence-electron chi connectivity index (χ1n) is 9.32. The molecule has 0 N–H and O–H groups in total. The maximum Gasteiger partial charge on any atom is 0.311 e. The number of hydrogen-bond acceptors (Lipinski definition) is 4. The summed E-state index contributed by atoms with van der Waals surface area (Å²) in [5.41, 5.74) is 0.401. The van der Waals surface area contributed by atoms with Gasteiger partial charge in [0.2, 0.25) is 0 Å². The van der Waals surface area contributed by atoms with Gasteiger partial charge in [-0.05, 0) is 30.4 Å². The maximum absolute atomic E-state index is 12.0. The van der Waals surface area contributed by atoms with E-state index in [1.54, 1.807) is 31.2 Å². The highest BCUT2D eigenvalue weighted by atomic mass is 16.6. The minimum atomic E-state index is -0.348. The fourth-order valence-corrected chi connectivity index (χ4v) is 2.44. The van der Waals surface area contributed by atoms with Gasteiger partial charge in [-0.3, -0.25) is 9.59 Å². The van der Waals surface area contributed by atoms with Crippen molar-refractivity contribution in [3.8, 4) is 11.5 Å². The van der Waals surface area contributed by atoms with Crippen molar-refractivity contribution >= 4 is 11.9 Å². The maximum atomic E-state index is 12.0. The zero-order valence-corrected chi connectivity index (χ0v) is 16.1. The number of unbranched alkanes of at least 4 members (excludes halogenated alkanes) is 4. The van der Waals surface area contributed by atoms with Gasteiger partial charge in [0.05, 0.1) is 0 Å². The fourth-order valence-electron chi connectivity index (χ4n) is 2.44. The Morgan fingerprint density at radius 3 is 1.92 bits per heavy atom. The molecule has 0 aliphatic rings. The van der Waals surface area contributed by atoms with Gasteiger partial charge in [0.1, 0.15) is 0 Å². The molecule has 0 unspecified atom stereocenters. The van der Waals surface area contributed by atoms with E-state index in [-0.39, 0.29) is 18.4 Å². The van der Waals surface area contributed by atoms with Crippen LogP contribution < -0.4 is 9.47 Å². The SMILES string of the molecule is CCC(=O)Oc1ccccc1OC(=O)CCCCCCCC(C)(C)C. The first-order valence-corrected chi connectivity index (χ1v) is 9.32. The highest BCUT2D eigenvalue weighted by Crippen LogP contribution is 2.27. The van der Waals surface area contributed by atoms with E-state index >= 15 is 0 Å². The molecule has 25 heavy (non-hydrogen) atoms. The lowest BCUT2D eigenvalue weighted by molar-refractivity contribution is -0.137. The summed E-state index contributed by atoms with van der Waals surface area (Å²) in [6.07, 6.45) is 7.35. The van der Waals surface area contributed by atoms with Gasteiger partial charge in [0.15, 0.2) is 11.5 Å². The standard InChI is InChI=1S/C21H32O4/c1-5-19(22)24-17-13-10-11-14-18(17)25-20(23)15-9-7-6-8-12-16-21(2,3)4/h10-11,13-14H,5-9,12,15-16H2,1-4H3. The predicted octanol–water partition coefficient (Wildman–Crippen LogP) is 5.68. The molecule has 1 aromatic rings. The molecule has 0 heterocycles. The lowest BCUT2D eigenvalue weighted by atomic mass is 9.89. The van der Waals surface area contributed by atoms with E-state index in [0.717, 1.165) is 19.3 Å². The number of carbonyl (C=O) groups is 2. The number of benzene rings is 1. The summed E-state index contributed by atoms with van der Waals surface area (Å²) in [7, 11) is 0. The van der Waals surface area contributed by atoms with Gasteiger partial charge in [-0.1, -0.05) is 65.5 Å². The molecule has 0 spiro atoms. The third-order valence-electron chi connectivity index (χ3n) is 3.89. The molecule has 0 saturated heterocycles. The van der Waals surface area contributed by atoms with Crippen LogP contribution in [0.1, 0.15) is 79.1 Å². The van der Waals surface area contributed by atoms with Crippen molar-refractivity contribution in [2.24, 2.45) is 5.41 Å². The van der Waals surface area contributed by atoms with E-state index in [2.05, 4.69) is 20.8 Å². The molecule has 0 amide bonds. The van der Waals surface area contributed by atoms with Crippen LogP contribution in [0.5, 0.6) is 11.5 Å². The van der Waals surface area contributed by atoms with Crippen molar-refractivity contribution in [1.29, 1.82) is 0 Å². The molecule has 0 fully saturated rings. The van der Waals surface area contributed by atoms with Gasteiger partial charge in [-0.15, -0.1) is 0 Å². The molecule has 0 atom stereocenters. The summed E-state index contributed by atoms with van der Waals surface area (Å²) >= 11 is 0. The molecule has 140 valence electrons. The molecule has 1 aromatic carbocycles. The summed E-state index contributed by atoms with van der Waals surface area (Å²) in [6.45, 7) is 8.51. The predicted molar refractivity (Wildman–Crippen MR) is 99.8 cm³/mol. The van der Waals surface area contributed by atoms with Gasteiger partial charge in [0.25, 0.3) is 0 Å². The summed E-state index contributed by atoms with van der Waals surface area (Å²) in [6, 6.07) is 6.77. The van der Waals surface area contributed by atoms with E-state index in [9.17, 15) is 9.59 Å². The molecule has 1 rings (SSSR count). The normalized spacial score (nSPS) is 11.2. The summed E-state index contributed by atoms with van der Waals surface area (Å²) < 4.78 is 10.5. The first-order chi connectivity index (χ1) is 11.8. The zero-order valence-electron chi connectivity index (χ0n) is 16.1. The number of hydrogen-bond donors (Lipinski definition) is 0.